The molecule has 0 saturated heterocycles. The van der Waals surface area contributed by atoms with E-state index in [4.69, 9.17) is 4.52 Å². The van der Waals surface area contributed by atoms with Crippen LogP contribution in [0.2, 0.25) is 0 Å². The molecule has 0 saturated carbocycles. The smallest absolute Gasteiger partial charge is 0.0537 e. The number of nitrogens with zero attached hydrogens (tertiary/aromatic N) is 1. The van der Waals surface area contributed by atoms with Crippen LogP contribution in [-0.2, 0) is 0 Å². The predicted molar refractivity (Wildman–Crippen MR) is 212 cm³/mol. The van der Waals surface area contributed by atoms with Crippen LogP contribution in [0.5, 0.6) is 0 Å². The Morgan fingerprint density at radius 2 is 0.646 bits per heavy atom. The summed E-state index contributed by atoms with van der Waals surface area (Å²) in [6.07, 6.45) is 0. The van der Waals surface area contributed by atoms with Gasteiger partial charge in [0.25, 0.3) is 0 Å². The molecule has 0 unspecified atom stereocenters. The molecule has 1 heterocycles. The summed E-state index contributed by atoms with van der Waals surface area (Å²) >= 11 is 0. The average molecular weight is 652 g/mol. The van der Waals surface area contributed by atoms with E-state index < -0.39 is 14.1 Å². The molecule has 0 fully saturated rings. The van der Waals surface area contributed by atoms with Gasteiger partial charge in [0.1, 0.15) is 0 Å². The maximum absolute atomic E-state index is 6.25. The number of allylic oxidation sites excluding steroid dienone is 1. The highest BCUT2D eigenvalue weighted by Crippen LogP contribution is 2.65. The van der Waals surface area contributed by atoms with Crippen LogP contribution >= 0.6 is 14.1 Å². The summed E-state index contributed by atoms with van der Waals surface area (Å²) in [5.74, 6) is 5.06. The molecule has 0 atom stereocenters. The Labute approximate surface area is 284 Å². The van der Waals surface area contributed by atoms with Crippen molar-refractivity contribution in [2.45, 2.75) is 0 Å². The highest BCUT2D eigenvalue weighted by Gasteiger charge is 2.34. The van der Waals surface area contributed by atoms with E-state index in [0.717, 1.165) is 0 Å². The second kappa shape index (κ2) is 13.1. The lowest BCUT2D eigenvalue weighted by Crippen LogP contribution is -2.23. The molecule has 3 heteroatoms. The van der Waals surface area contributed by atoms with Crippen molar-refractivity contribution in [1.29, 1.82) is 0 Å². The fourth-order valence-electron chi connectivity index (χ4n) is 6.67. The largest absolute Gasteiger partial charge is 0.260 e. The van der Waals surface area contributed by atoms with Crippen LogP contribution in [-0.4, -0.2) is 5.80 Å². The van der Waals surface area contributed by atoms with Crippen molar-refractivity contribution in [3.05, 3.63) is 212 Å². The lowest BCUT2D eigenvalue weighted by molar-refractivity contribution is 1.56. The van der Waals surface area contributed by atoms with E-state index in [9.17, 15) is 0 Å². The van der Waals surface area contributed by atoms with Gasteiger partial charge in [-0.2, -0.15) is 0 Å². The van der Waals surface area contributed by atoms with Crippen LogP contribution in [0.4, 0.5) is 0 Å². The topological polar surface area (TPSA) is 12.4 Å². The average Bonchev–Trinajstić information content (AvgIpc) is 3.19. The van der Waals surface area contributed by atoms with E-state index in [1.807, 2.05) is 0 Å². The van der Waals surface area contributed by atoms with Gasteiger partial charge in [-0.15, -0.1) is 0 Å². The van der Waals surface area contributed by atoms with Crippen molar-refractivity contribution in [1.82, 2.24) is 0 Å². The van der Waals surface area contributed by atoms with Crippen LogP contribution in [0.25, 0.3) is 27.8 Å². The minimum atomic E-state index is -2.46. The normalized spacial score (nSPS) is 14.6. The zero-order valence-corrected chi connectivity index (χ0v) is 28.3. The van der Waals surface area contributed by atoms with Gasteiger partial charge >= 0.3 is 0 Å². The molecule has 0 aromatic heterocycles. The van der Waals surface area contributed by atoms with E-state index in [0.29, 0.717) is 0 Å². The van der Waals surface area contributed by atoms with Crippen molar-refractivity contribution in [2.24, 2.45) is 4.52 Å². The Balaban J connectivity index is 1.53. The first kappa shape index (κ1) is 30.2. The zero-order chi connectivity index (χ0) is 32.2. The third kappa shape index (κ3) is 5.67. The Kier molecular flexibility index (Phi) is 8.25. The van der Waals surface area contributed by atoms with Crippen LogP contribution in [0.15, 0.2) is 211 Å². The summed E-state index contributed by atoms with van der Waals surface area (Å²) < 4.78 is 6.25. The molecule has 0 amide bonds. The van der Waals surface area contributed by atoms with E-state index in [-0.39, 0.29) is 0 Å². The van der Waals surface area contributed by atoms with Crippen LogP contribution in [0.3, 0.4) is 0 Å². The summed E-state index contributed by atoms with van der Waals surface area (Å²) in [6.45, 7) is 0. The Morgan fingerprint density at radius 3 is 1.04 bits per heavy atom. The maximum atomic E-state index is 6.25. The maximum Gasteiger partial charge on any atom is 0.0537 e. The van der Waals surface area contributed by atoms with Crippen molar-refractivity contribution < 1.29 is 0 Å². The minimum absolute atomic E-state index is 1.20. The van der Waals surface area contributed by atoms with Crippen molar-refractivity contribution in [2.75, 3.05) is 0 Å². The molecule has 7 aromatic carbocycles. The number of rotatable bonds is 7. The van der Waals surface area contributed by atoms with E-state index in [1.54, 1.807) is 0 Å². The standard InChI is InChI=1S/C45H35NP2/c1-7-19-36(20-8-1)38-31-39(37-21-9-2-10-22-37)33-40(32-38)41-34-47(42-23-11-3-12-24-42,43-25-13-4-14-26-43)46-48(35-41,44-27-15-5-16-28-44)45-29-17-6-18-30-45/h1-35H. The van der Waals surface area contributed by atoms with E-state index in [2.05, 4.69) is 212 Å². The summed E-state index contributed by atoms with van der Waals surface area (Å²) in [5, 5.41) is 5.06. The zero-order valence-electron chi connectivity index (χ0n) is 26.5. The summed E-state index contributed by atoms with van der Waals surface area (Å²) in [4.78, 5) is 0. The molecular weight excluding hydrogens is 616 g/mol. The second-order valence-electron chi connectivity index (χ2n) is 12.0. The lowest BCUT2D eigenvalue weighted by Gasteiger charge is -2.35. The molecule has 1 aliphatic rings. The molecule has 0 aliphatic carbocycles. The molecule has 7 aromatic rings. The highest BCUT2D eigenvalue weighted by molar-refractivity contribution is 7.97. The highest BCUT2D eigenvalue weighted by atomic mass is 31.2. The first-order valence-corrected chi connectivity index (χ1v) is 20.0. The van der Waals surface area contributed by atoms with Crippen LogP contribution in [0.1, 0.15) is 5.56 Å². The van der Waals surface area contributed by atoms with Crippen LogP contribution in [0, 0.1) is 0 Å². The fourth-order valence-corrected chi connectivity index (χ4v) is 15.6. The van der Waals surface area contributed by atoms with Gasteiger partial charge in [-0.1, -0.05) is 182 Å². The molecule has 0 N–H and O–H groups in total. The molecule has 230 valence electrons. The first-order valence-electron chi connectivity index (χ1n) is 16.3. The SMILES string of the molecule is C1=C(c2cc(-c3ccccc3)cc(-c3ccccc3)c2)C=P(c2ccccc2)(c2ccccc2)N=P1(c1ccccc1)c1ccccc1. The van der Waals surface area contributed by atoms with Gasteiger partial charge in [-0.05, 0) is 84.4 Å². The van der Waals surface area contributed by atoms with Gasteiger partial charge in [0.15, 0.2) is 0 Å². The van der Waals surface area contributed by atoms with Gasteiger partial charge < -0.3 is 0 Å². The van der Waals surface area contributed by atoms with Gasteiger partial charge in [0.05, 0.1) is 14.1 Å². The van der Waals surface area contributed by atoms with E-state index in [1.165, 1.54) is 54.6 Å². The predicted octanol–water partition coefficient (Wildman–Crippen LogP) is 10.6. The molecule has 48 heavy (non-hydrogen) atoms. The first-order chi connectivity index (χ1) is 23.7. The van der Waals surface area contributed by atoms with Gasteiger partial charge in [0, 0.05) is 0 Å². The molecule has 1 aliphatic heterocycles. The second-order valence-corrected chi connectivity index (χ2v) is 18.1. The van der Waals surface area contributed by atoms with Crippen molar-refractivity contribution >= 4 is 46.7 Å². The fraction of sp³-hybridized carbons (Fsp3) is 0. The van der Waals surface area contributed by atoms with Gasteiger partial charge in [0.2, 0.25) is 0 Å². The Morgan fingerprint density at radius 1 is 0.312 bits per heavy atom. The molecule has 0 spiro atoms. The summed E-state index contributed by atoms with van der Waals surface area (Å²) in [7, 11) is -4.92. The molecule has 0 bridgehead atoms. The summed E-state index contributed by atoms with van der Waals surface area (Å²) in [5.41, 5.74) is 7.26. The number of hydrogen-bond donors (Lipinski definition) is 0. The Hall–Kier alpha value is -5.19. The van der Waals surface area contributed by atoms with E-state index >= 15 is 0 Å². The van der Waals surface area contributed by atoms with Crippen molar-refractivity contribution in [3.8, 4) is 22.3 Å². The van der Waals surface area contributed by atoms with Crippen molar-refractivity contribution in [3.63, 3.8) is 0 Å². The van der Waals surface area contributed by atoms with Gasteiger partial charge in [-0.3, -0.25) is 4.52 Å². The van der Waals surface area contributed by atoms with Gasteiger partial charge in [-0.25, -0.2) is 0 Å². The monoisotopic (exact) mass is 651 g/mol. The molecular formula is C45H35NP2. The molecule has 1 nitrogen and oxygen atoms in total. The number of benzene rings is 7. The molecule has 8 rings (SSSR count). The number of hydrogen-bond acceptors (Lipinski definition) is 1. The molecule has 0 radical (unpaired) electrons. The Bertz CT molecular complexity index is 2090. The van der Waals surface area contributed by atoms with Crippen LogP contribution < -0.4 is 21.2 Å². The third-order valence-electron chi connectivity index (χ3n) is 9.01. The minimum Gasteiger partial charge on any atom is -0.260 e. The lowest BCUT2D eigenvalue weighted by atomic mass is 9.94. The summed E-state index contributed by atoms with van der Waals surface area (Å²) in [6, 6.07) is 72.6. The third-order valence-corrected chi connectivity index (χ3v) is 16.9. The quantitative estimate of drug-likeness (QED) is 0.152.